The molecule has 0 unspecified atom stereocenters. The van der Waals surface area contributed by atoms with Gasteiger partial charge in [-0.2, -0.15) is 0 Å². The summed E-state index contributed by atoms with van der Waals surface area (Å²) in [6, 6.07) is 13.9. The van der Waals surface area contributed by atoms with Crippen LogP contribution in [-0.2, 0) is 4.79 Å². The molecule has 0 atom stereocenters. The summed E-state index contributed by atoms with van der Waals surface area (Å²) in [7, 11) is 0. The van der Waals surface area contributed by atoms with Gasteiger partial charge in [0.25, 0.3) is 11.8 Å². The molecule has 2 aromatic rings. The first-order valence-electron chi connectivity index (χ1n) is 6.99. The zero-order valence-electron chi connectivity index (χ0n) is 12.7. The van der Waals surface area contributed by atoms with E-state index in [-0.39, 0.29) is 17.6 Å². The van der Waals surface area contributed by atoms with Crippen molar-refractivity contribution in [3.05, 3.63) is 63.0 Å². The van der Waals surface area contributed by atoms with Crippen molar-refractivity contribution in [2.24, 2.45) is 0 Å². The molecular formula is C16H13Br2N3O3S. The van der Waals surface area contributed by atoms with Crippen molar-refractivity contribution in [2.45, 2.75) is 0 Å². The summed E-state index contributed by atoms with van der Waals surface area (Å²) in [5.41, 5.74) is 5.25. The second-order valence-electron chi connectivity index (χ2n) is 4.69. The van der Waals surface area contributed by atoms with Gasteiger partial charge in [-0.25, -0.2) is 0 Å². The number of amides is 2. The van der Waals surface area contributed by atoms with Crippen LogP contribution in [0, 0.1) is 0 Å². The Hall–Kier alpha value is -1.97. The number of benzene rings is 2. The molecule has 9 heteroatoms. The first kappa shape index (κ1) is 19.4. The third kappa shape index (κ3) is 6.45. The second kappa shape index (κ2) is 9.50. The van der Waals surface area contributed by atoms with Crippen molar-refractivity contribution in [2.75, 3.05) is 6.61 Å². The average molecular weight is 487 g/mol. The number of rotatable bonds is 4. The number of ether oxygens (including phenoxy) is 1. The van der Waals surface area contributed by atoms with Gasteiger partial charge in [0, 0.05) is 10.0 Å². The zero-order valence-corrected chi connectivity index (χ0v) is 16.7. The standard InChI is InChI=1S/C16H13Br2N3O3S/c17-11-6-7-13(12(18)8-11)24-9-14(22)20-21-16(25)19-15(23)10-4-2-1-3-5-10/h1-8H,9H2,(H,20,22)(H2,19,21,23,25). The number of hydrogen-bond acceptors (Lipinski definition) is 4. The summed E-state index contributed by atoms with van der Waals surface area (Å²) in [5, 5.41) is 2.43. The molecule has 0 fully saturated rings. The number of carbonyl (C=O) groups excluding carboxylic acids is 2. The molecule has 6 nitrogen and oxygen atoms in total. The van der Waals surface area contributed by atoms with Gasteiger partial charge in [0.1, 0.15) is 5.75 Å². The van der Waals surface area contributed by atoms with E-state index < -0.39 is 5.91 Å². The minimum absolute atomic E-state index is 0.0213. The molecule has 0 heterocycles. The van der Waals surface area contributed by atoms with Crippen molar-refractivity contribution in [1.82, 2.24) is 16.2 Å². The van der Waals surface area contributed by atoms with Gasteiger partial charge in [-0.1, -0.05) is 34.1 Å². The largest absolute Gasteiger partial charge is 0.483 e. The lowest BCUT2D eigenvalue weighted by molar-refractivity contribution is -0.123. The number of carbonyl (C=O) groups is 2. The first-order valence-corrected chi connectivity index (χ1v) is 8.98. The Balaban J connectivity index is 1.74. The molecule has 3 N–H and O–H groups in total. The van der Waals surface area contributed by atoms with Crippen molar-refractivity contribution in [1.29, 1.82) is 0 Å². The van der Waals surface area contributed by atoms with Crippen LogP contribution in [-0.4, -0.2) is 23.5 Å². The maximum atomic E-state index is 11.9. The Kier molecular flexibility index (Phi) is 7.35. The topological polar surface area (TPSA) is 79.5 Å². The van der Waals surface area contributed by atoms with Crippen molar-refractivity contribution in [3.8, 4) is 5.75 Å². The first-order chi connectivity index (χ1) is 12.0. The van der Waals surface area contributed by atoms with Crippen LogP contribution in [0.2, 0.25) is 0 Å². The average Bonchev–Trinajstić information content (AvgIpc) is 2.60. The molecule has 0 aromatic heterocycles. The summed E-state index contributed by atoms with van der Waals surface area (Å²) in [4.78, 5) is 23.6. The van der Waals surface area contributed by atoms with E-state index in [1.807, 2.05) is 0 Å². The van der Waals surface area contributed by atoms with E-state index >= 15 is 0 Å². The van der Waals surface area contributed by atoms with Crippen molar-refractivity contribution >= 4 is 61.0 Å². The Bertz CT molecular complexity index is 787. The monoisotopic (exact) mass is 485 g/mol. The minimum atomic E-state index is -0.453. The van der Waals surface area contributed by atoms with E-state index in [1.54, 1.807) is 48.5 Å². The lowest BCUT2D eigenvalue weighted by Gasteiger charge is -2.12. The van der Waals surface area contributed by atoms with Crippen LogP contribution in [0.15, 0.2) is 57.5 Å². The van der Waals surface area contributed by atoms with E-state index in [0.717, 1.165) is 4.47 Å². The van der Waals surface area contributed by atoms with Crippen molar-refractivity contribution < 1.29 is 14.3 Å². The predicted molar refractivity (Wildman–Crippen MR) is 105 cm³/mol. The molecule has 0 aliphatic heterocycles. The van der Waals surface area contributed by atoms with E-state index in [4.69, 9.17) is 17.0 Å². The highest BCUT2D eigenvalue weighted by Gasteiger charge is 2.09. The highest BCUT2D eigenvalue weighted by molar-refractivity contribution is 9.11. The van der Waals surface area contributed by atoms with Crippen LogP contribution >= 0.6 is 44.1 Å². The van der Waals surface area contributed by atoms with Crippen LogP contribution in [0.1, 0.15) is 10.4 Å². The third-order valence-electron chi connectivity index (χ3n) is 2.83. The van der Waals surface area contributed by atoms with E-state index in [2.05, 4.69) is 48.0 Å². The van der Waals surface area contributed by atoms with Crippen LogP contribution in [0.25, 0.3) is 0 Å². The predicted octanol–water partition coefficient (Wildman–Crippen LogP) is 2.93. The molecule has 0 radical (unpaired) electrons. The molecule has 2 rings (SSSR count). The van der Waals surface area contributed by atoms with Crippen molar-refractivity contribution in [3.63, 3.8) is 0 Å². The van der Waals surface area contributed by atoms with Gasteiger partial charge in [-0.05, 0) is 58.5 Å². The van der Waals surface area contributed by atoms with Gasteiger partial charge in [0.05, 0.1) is 4.47 Å². The number of hydrazine groups is 1. The molecular weight excluding hydrogens is 474 g/mol. The van der Waals surface area contributed by atoms with Crippen LogP contribution in [0.3, 0.4) is 0 Å². The Morgan fingerprint density at radius 2 is 1.76 bits per heavy atom. The fourth-order valence-electron chi connectivity index (χ4n) is 1.69. The highest BCUT2D eigenvalue weighted by atomic mass is 79.9. The van der Waals surface area contributed by atoms with Gasteiger partial charge in [0.2, 0.25) is 0 Å². The molecule has 25 heavy (non-hydrogen) atoms. The molecule has 0 saturated carbocycles. The van der Waals surface area contributed by atoms with Gasteiger partial charge in [0.15, 0.2) is 11.7 Å². The molecule has 0 saturated heterocycles. The molecule has 2 aromatic carbocycles. The number of thiocarbonyl (C=S) groups is 1. The summed E-state index contributed by atoms with van der Waals surface area (Å²) >= 11 is 11.6. The zero-order chi connectivity index (χ0) is 18.2. The molecule has 130 valence electrons. The molecule has 0 bridgehead atoms. The molecule has 2 amide bonds. The van der Waals surface area contributed by atoms with Gasteiger partial charge < -0.3 is 4.74 Å². The normalized spacial score (nSPS) is 9.84. The highest BCUT2D eigenvalue weighted by Crippen LogP contribution is 2.27. The Labute approximate surface area is 166 Å². The Morgan fingerprint density at radius 3 is 2.44 bits per heavy atom. The number of halogens is 2. The third-order valence-corrected chi connectivity index (χ3v) is 4.15. The second-order valence-corrected chi connectivity index (χ2v) is 6.86. The number of nitrogens with one attached hydrogen (secondary N) is 3. The molecule has 0 aliphatic rings. The summed E-state index contributed by atoms with van der Waals surface area (Å²) < 4.78 is 6.99. The lowest BCUT2D eigenvalue weighted by Crippen LogP contribution is -2.49. The van der Waals surface area contributed by atoms with Gasteiger partial charge in [-0.15, -0.1) is 0 Å². The molecule has 0 aliphatic carbocycles. The van der Waals surface area contributed by atoms with Crippen LogP contribution < -0.4 is 20.9 Å². The van der Waals surface area contributed by atoms with Gasteiger partial charge in [-0.3, -0.25) is 25.8 Å². The number of hydrogen-bond donors (Lipinski definition) is 3. The minimum Gasteiger partial charge on any atom is -0.483 e. The fourth-order valence-corrected chi connectivity index (χ4v) is 3.00. The fraction of sp³-hybridized carbons (Fsp3) is 0.0625. The van der Waals surface area contributed by atoms with Crippen LogP contribution in [0.4, 0.5) is 0 Å². The van der Waals surface area contributed by atoms with E-state index in [1.165, 1.54) is 0 Å². The van der Waals surface area contributed by atoms with E-state index in [0.29, 0.717) is 15.8 Å². The smallest absolute Gasteiger partial charge is 0.276 e. The lowest BCUT2D eigenvalue weighted by atomic mass is 10.2. The van der Waals surface area contributed by atoms with E-state index in [9.17, 15) is 9.59 Å². The molecule has 0 spiro atoms. The Morgan fingerprint density at radius 1 is 1.04 bits per heavy atom. The summed E-state index contributed by atoms with van der Waals surface area (Å²) in [5.74, 6) is -0.299. The SMILES string of the molecule is O=C(COc1ccc(Br)cc1Br)NNC(=S)NC(=O)c1ccccc1. The maximum Gasteiger partial charge on any atom is 0.276 e. The maximum absolute atomic E-state index is 11.9. The van der Waals surface area contributed by atoms with Gasteiger partial charge >= 0.3 is 0 Å². The quantitative estimate of drug-likeness (QED) is 0.457. The van der Waals surface area contributed by atoms with Crippen LogP contribution in [0.5, 0.6) is 5.75 Å². The summed E-state index contributed by atoms with van der Waals surface area (Å²) in [6.45, 7) is -0.220. The summed E-state index contributed by atoms with van der Waals surface area (Å²) in [6.07, 6.45) is 0.